The fourth-order valence-electron chi connectivity index (χ4n) is 1.30. The number of benzene rings is 1. The molecular formula is C11H14O3. The van der Waals surface area contributed by atoms with Gasteiger partial charge in [-0.2, -0.15) is 0 Å². The third-order valence-corrected chi connectivity index (χ3v) is 1.99. The second-order valence-electron chi connectivity index (χ2n) is 3.60. The van der Waals surface area contributed by atoms with Gasteiger partial charge < -0.3 is 9.84 Å². The van der Waals surface area contributed by atoms with Crippen LogP contribution in [0.3, 0.4) is 0 Å². The Morgan fingerprint density at radius 1 is 1.36 bits per heavy atom. The van der Waals surface area contributed by atoms with E-state index in [1.807, 2.05) is 0 Å². The maximum Gasteiger partial charge on any atom is 0.338 e. The fourth-order valence-corrected chi connectivity index (χ4v) is 1.30. The molecule has 0 aromatic heterocycles. The summed E-state index contributed by atoms with van der Waals surface area (Å²) >= 11 is 0. The minimum Gasteiger partial charge on any atom is -0.465 e. The Kier molecular flexibility index (Phi) is 2.91. The molecule has 0 aliphatic heterocycles. The minimum atomic E-state index is -1.04. The quantitative estimate of drug-likeness (QED) is 0.729. The third kappa shape index (κ3) is 2.12. The van der Waals surface area contributed by atoms with Crippen LogP contribution < -0.4 is 0 Å². The first-order valence-electron chi connectivity index (χ1n) is 4.37. The average Bonchev–Trinajstić information content (AvgIpc) is 2.15. The van der Waals surface area contributed by atoms with Crippen molar-refractivity contribution in [1.82, 2.24) is 0 Å². The summed E-state index contributed by atoms with van der Waals surface area (Å²) in [5.74, 6) is -0.428. The molecule has 0 saturated carbocycles. The van der Waals surface area contributed by atoms with Crippen LogP contribution >= 0.6 is 0 Å². The van der Waals surface area contributed by atoms with E-state index in [2.05, 4.69) is 4.74 Å². The molecule has 3 heteroatoms. The molecule has 14 heavy (non-hydrogen) atoms. The highest BCUT2D eigenvalue weighted by Gasteiger charge is 2.22. The van der Waals surface area contributed by atoms with Gasteiger partial charge in [-0.3, -0.25) is 0 Å². The normalized spacial score (nSPS) is 11.1. The lowest BCUT2D eigenvalue weighted by Gasteiger charge is -2.20. The number of ether oxygens (including phenoxy) is 1. The van der Waals surface area contributed by atoms with Crippen LogP contribution in [-0.2, 0) is 10.3 Å². The molecule has 0 radical (unpaired) electrons. The maximum absolute atomic E-state index is 11.3. The predicted molar refractivity (Wildman–Crippen MR) is 53.0 cm³/mol. The maximum atomic E-state index is 11.3. The largest absolute Gasteiger partial charge is 0.465 e. The first kappa shape index (κ1) is 10.7. The van der Waals surface area contributed by atoms with E-state index in [-0.39, 0.29) is 0 Å². The number of methoxy groups -OCH3 is 1. The van der Waals surface area contributed by atoms with Crippen LogP contribution in [0.1, 0.15) is 29.8 Å². The van der Waals surface area contributed by atoms with E-state index in [0.29, 0.717) is 11.1 Å². The average molecular weight is 194 g/mol. The number of esters is 1. The van der Waals surface area contributed by atoms with Crippen LogP contribution in [0.4, 0.5) is 0 Å². The predicted octanol–water partition coefficient (Wildman–Crippen LogP) is 1.70. The highest BCUT2D eigenvalue weighted by atomic mass is 16.5. The van der Waals surface area contributed by atoms with Gasteiger partial charge in [0.25, 0.3) is 0 Å². The Hall–Kier alpha value is -1.35. The summed E-state index contributed by atoms with van der Waals surface area (Å²) in [6.07, 6.45) is 0. The lowest BCUT2D eigenvalue weighted by atomic mass is 9.93. The molecule has 76 valence electrons. The number of hydrogen-bond acceptors (Lipinski definition) is 3. The lowest BCUT2D eigenvalue weighted by Crippen LogP contribution is -2.20. The number of carbonyl (C=O) groups excluding carboxylic acids is 1. The molecule has 0 aliphatic rings. The Balaban J connectivity index is 3.23. The zero-order valence-corrected chi connectivity index (χ0v) is 8.57. The van der Waals surface area contributed by atoms with Crippen LogP contribution in [0.2, 0.25) is 0 Å². The smallest absolute Gasteiger partial charge is 0.338 e. The molecule has 1 N–H and O–H groups in total. The molecule has 1 rings (SSSR count). The van der Waals surface area contributed by atoms with Crippen molar-refractivity contribution in [1.29, 1.82) is 0 Å². The summed E-state index contributed by atoms with van der Waals surface area (Å²) in [5, 5.41) is 9.81. The van der Waals surface area contributed by atoms with Crippen molar-refractivity contribution < 1.29 is 14.6 Å². The number of hydrogen-bond donors (Lipinski definition) is 1. The Bertz CT molecular complexity index is 337. The highest BCUT2D eigenvalue weighted by molar-refractivity contribution is 5.91. The molecule has 0 atom stereocenters. The molecule has 1 aromatic carbocycles. The molecule has 1 aromatic rings. The van der Waals surface area contributed by atoms with E-state index in [1.165, 1.54) is 7.11 Å². The van der Waals surface area contributed by atoms with Crippen molar-refractivity contribution in [2.24, 2.45) is 0 Å². The van der Waals surface area contributed by atoms with E-state index in [1.54, 1.807) is 38.1 Å². The van der Waals surface area contributed by atoms with Crippen molar-refractivity contribution in [3.8, 4) is 0 Å². The second-order valence-corrected chi connectivity index (χ2v) is 3.60. The van der Waals surface area contributed by atoms with Gasteiger partial charge in [-0.1, -0.05) is 18.2 Å². The van der Waals surface area contributed by atoms with E-state index >= 15 is 0 Å². The number of aliphatic hydroxyl groups is 1. The van der Waals surface area contributed by atoms with E-state index in [0.717, 1.165) is 0 Å². The molecule has 0 fully saturated rings. The van der Waals surface area contributed by atoms with Crippen LogP contribution in [0.5, 0.6) is 0 Å². The Morgan fingerprint density at radius 2 is 1.93 bits per heavy atom. The third-order valence-electron chi connectivity index (χ3n) is 1.99. The van der Waals surface area contributed by atoms with Crippen molar-refractivity contribution in [2.75, 3.05) is 7.11 Å². The summed E-state index contributed by atoms with van der Waals surface area (Å²) in [7, 11) is 1.32. The van der Waals surface area contributed by atoms with Crippen molar-refractivity contribution >= 4 is 5.97 Å². The molecule has 0 heterocycles. The fraction of sp³-hybridized carbons (Fsp3) is 0.364. The summed E-state index contributed by atoms with van der Waals surface area (Å²) in [4.78, 5) is 11.3. The standard InChI is InChI=1S/C11H14O3/c1-11(2,13)9-7-5-4-6-8(9)10(12)14-3/h4-7,13H,1-3H3. The zero-order valence-electron chi connectivity index (χ0n) is 8.57. The Labute approximate surface area is 83.3 Å². The van der Waals surface area contributed by atoms with Crippen molar-refractivity contribution in [3.05, 3.63) is 35.4 Å². The van der Waals surface area contributed by atoms with Crippen molar-refractivity contribution in [3.63, 3.8) is 0 Å². The van der Waals surface area contributed by atoms with E-state index in [9.17, 15) is 9.90 Å². The number of rotatable bonds is 2. The SMILES string of the molecule is COC(=O)c1ccccc1C(C)(C)O. The molecule has 0 bridgehead atoms. The molecule has 0 spiro atoms. The van der Waals surface area contributed by atoms with Gasteiger partial charge >= 0.3 is 5.97 Å². The Morgan fingerprint density at radius 3 is 2.43 bits per heavy atom. The summed E-state index contributed by atoms with van der Waals surface area (Å²) < 4.78 is 4.62. The van der Waals surface area contributed by atoms with Gasteiger partial charge in [-0.25, -0.2) is 4.79 Å². The molecular weight excluding hydrogens is 180 g/mol. The molecule has 0 aliphatic carbocycles. The van der Waals surface area contributed by atoms with Gasteiger partial charge in [0, 0.05) is 0 Å². The van der Waals surface area contributed by atoms with Gasteiger partial charge in [-0.05, 0) is 25.5 Å². The first-order valence-corrected chi connectivity index (χ1v) is 4.37. The summed E-state index contributed by atoms with van der Waals surface area (Å²) in [6.45, 7) is 3.27. The van der Waals surface area contributed by atoms with E-state index < -0.39 is 11.6 Å². The van der Waals surface area contributed by atoms with Crippen LogP contribution in [0.15, 0.2) is 24.3 Å². The molecule has 3 nitrogen and oxygen atoms in total. The van der Waals surface area contributed by atoms with Crippen LogP contribution in [0.25, 0.3) is 0 Å². The molecule has 0 amide bonds. The van der Waals surface area contributed by atoms with Gasteiger partial charge in [-0.15, -0.1) is 0 Å². The topological polar surface area (TPSA) is 46.5 Å². The van der Waals surface area contributed by atoms with Gasteiger partial charge in [0.1, 0.15) is 0 Å². The minimum absolute atomic E-state index is 0.405. The zero-order chi connectivity index (χ0) is 10.8. The highest BCUT2D eigenvalue weighted by Crippen LogP contribution is 2.23. The second kappa shape index (κ2) is 3.80. The van der Waals surface area contributed by atoms with Crippen LogP contribution in [-0.4, -0.2) is 18.2 Å². The monoisotopic (exact) mass is 194 g/mol. The number of carbonyl (C=O) groups is 1. The van der Waals surface area contributed by atoms with Crippen molar-refractivity contribution in [2.45, 2.75) is 19.4 Å². The van der Waals surface area contributed by atoms with Gasteiger partial charge in [0.2, 0.25) is 0 Å². The van der Waals surface area contributed by atoms with Gasteiger partial charge in [0.15, 0.2) is 0 Å². The summed E-state index contributed by atoms with van der Waals surface area (Å²) in [6, 6.07) is 6.87. The summed E-state index contributed by atoms with van der Waals surface area (Å²) in [5.41, 5.74) is -0.0560. The van der Waals surface area contributed by atoms with E-state index in [4.69, 9.17) is 0 Å². The molecule has 0 saturated heterocycles. The van der Waals surface area contributed by atoms with Gasteiger partial charge in [0.05, 0.1) is 18.3 Å². The van der Waals surface area contributed by atoms with Crippen LogP contribution in [0, 0.1) is 0 Å². The molecule has 0 unspecified atom stereocenters. The first-order chi connectivity index (χ1) is 6.46. The lowest BCUT2D eigenvalue weighted by molar-refractivity contribution is 0.0554.